The normalized spacial score (nSPS) is 22.1. The first-order valence-electron chi connectivity index (χ1n) is 8.71. The van der Waals surface area contributed by atoms with Crippen molar-refractivity contribution < 1.29 is 24.6 Å². The summed E-state index contributed by atoms with van der Waals surface area (Å²) in [6.07, 6.45) is 0.694. The summed E-state index contributed by atoms with van der Waals surface area (Å²) in [7, 11) is 0. The van der Waals surface area contributed by atoms with Crippen LogP contribution in [0, 0.1) is 0 Å². The van der Waals surface area contributed by atoms with Crippen LogP contribution in [-0.4, -0.2) is 71.3 Å². The number of aromatic amines is 1. The van der Waals surface area contributed by atoms with Gasteiger partial charge in [0.1, 0.15) is 33.2 Å². The number of aromatic nitrogens is 3. The zero-order valence-electron chi connectivity index (χ0n) is 15.3. The maximum absolute atomic E-state index is 12.0. The maximum atomic E-state index is 12.0. The lowest BCUT2D eigenvalue weighted by Gasteiger charge is -2.48. The maximum Gasteiger partial charge on any atom is 0.352 e. The molecular weight excluding hydrogens is 406 g/mol. The van der Waals surface area contributed by atoms with Crippen LogP contribution in [0.2, 0.25) is 0 Å². The number of carbonyl (C=O) groups excluding carboxylic acids is 1. The van der Waals surface area contributed by atoms with E-state index in [1.165, 1.54) is 28.4 Å². The second kappa shape index (κ2) is 7.76. The number of fused-ring (bicyclic) bond motifs is 1. The summed E-state index contributed by atoms with van der Waals surface area (Å²) in [6.45, 7) is 3.56. The van der Waals surface area contributed by atoms with Crippen molar-refractivity contribution in [3.8, 4) is 0 Å². The highest BCUT2D eigenvalue weighted by molar-refractivity contribution is 8.01. The van der Waals surface area contributed by atoms with E-state index in [0.717, 1.165) is 0 Å². The summed E-state index contributed by atoms with van der Waals surface area (Å²) in [5, 5.41) is 30.0. The highest BCUT2D eigenvalue weighted by Crippen LogP contribution is 2.42. The van der Waals surface area contributed by atoms with Gasteiger partial charge in [0, 0.05) is 11.5 Å². The molecule has 0 bridgehead atoms. The van der Waals surface area contributed by atoms with Gasteiger partial charge in [-0.1, -0.05) is 19.1 Å². The topological polar surface area (TPSA) is 162 Å². The summed E-state index contributed by atoms with van der Waals surface area (Å²) >= 11 is 2.66. The van der Waals surface area contributed by atoms with Gasteiger partial charge in [-0.05, 0) is 18.4 Å². The van der Waals surface area contributed by atoms with E-state index in [0.29, 0.717) is 34.9 Å². The number of nitrogens with zero attached hydrogens (tertiary/aromatic N) is 3. The number of amides is 1. The molecule has 5 N–H and O–H groups in total. The first-order valence-corrected chi connectivity index (χ1v) is 10.7. The molecule has 1 aromatic heterocycles. The average molecular weight is 428 g/mol. The number of carboxylic acid groups (broad SMARTS) is 2. The first-order chi connectivity index (χ1) is 13.3. The van der Waals surface area contributed by atoms with Crippen LogP contribution in [0.5, 0.6) is 0 Å². The van der Waals surface area contributed by atoms with Crippen LogP contribution in [0.15, 0.2) is 16.3 Å². The molecule has 152 valence electrons. The number of nitrogens with one attached hydrogen (secondary N) is 1. The molecule has 2 atom stereocenters. The summed E-state index contributed by atoms with van der Waals surface area (Å²) in [5.74, 6) is -1.86. The highest BCUT2D eigenvalue weighted by atomic mass is 32.2. The van der Waals surface area contributed by atoms with E-state index in [4.69, 9.17) is 5.73 Å². The molecule has 3 heterocycles. The molecule has 0 aliphatic carbocycles. The van der Waals surface area contributed by atoms with Gasteiger partial charge in [0.05, 0.1) is 0 Å². The van der Waals surface area contributed by atoms with E-state index in [1.54, 1.807) is 13.8 Å². The van der Waals surface area contributed by atoms with Gasteiger partial charge >= 0.3 is 11.9 Å². The molecule has 1 amide bonds. The largest absolute Gasteiger partial charge is 0.481 e. The van der Waals surface area contributed by atoms with Crippen LogP contribution >= 0.6 is 23.5 Å². The number of hydrogen-bond donors (Lipinski definition) is 4. The number of H-pyrrole nitrogens is 1. The van der Waals surface area contributed by atoms with E-state index in [2.05, 4.69) is 15.4 Å². The molecule has 1 fully saturated rings. The van der Waals surface area contributed by atoms with Crippen molar-refractivity contribution in [2.45, 2.75) is 48.5 Å². The third-order valence-electron chi connectivity index (χ3n) is 5.27. The van der Waals surface area contributed by atoms with E-state index < -0.39 is 29.3 Å². The molecule has 0 spiro atoms. The minimum atomic E-state index is -1.17. The Morgan fingerprint density at radius 2 is 2.07 bits per heavy atom. The minimum Gasteiger partial charge on any atom is -0.481 e. The fraction of sp³-hybridized carbons (Fsp3) is 0.562. The number of rotatable bonds is 8. The molecule has 0 radical (unpaired) electrons. The monoisotopic (exact) mass is 427 g/mol. The van der Waals surface area contributed by atoms with Gasteiger partial charge in [0.2, 0.25) is 5.91 Å². The molecule has 2 aliphatic heterocycles. The van der Waals surface area contributed by atoms with Gasteiger partial charge in [0.25, 0.3) is 0 Å². The van der Waals surface area contributed by atoms with Crippen molar-refractivity contribution in [3.63, 3.8) is 0 Å². The minimum absolute atomic E-state index is 0.0348. The van der Waals surface area contributed by atoms with Crippen LogP contribution in [0.3, 0.4) is 0 Å². The Morgan fingerprint density at radius 3 is 2.64 bits per heavy atom. The molecule has 28 heavy (non-hydrogen) atoms. The number of nitrogens with two attached hydrogens (primary N) is 1. The van der Waals surface area contributed by atoms with Gasteiger partial charge < -0.3 is 15.9 Å². The van der Waals surface area contributed by atoms with Gasteiger partial charge in [-0.3, -0.25) is 19.6 Å². The molecular formula is C16H21N5O5S2. The molecule has 0 saturated carbocycles. The van der Waals surface area contributed by atoms with Crippen molar-refractivity contribution in [3.05, 3.63) is 17.0 Å². The SMILES string of the molecule is CCC(CC)(C(=O)O)c1nn[nH]c1SCC1=C(C(=O)O)N2C(=O)C(N)[C@@H]2SC1. The number of carbonyl (C=O) groups is 3. The Bertz CT molecular complexity index is 850. The smallest absolute Gasteiger partial charge is 0.352 e. The molecule has 1 aromatic rings. The molecule has 1 saturated heterocycles. The van der Waals surface area contributed by atoms with E-state index in [-0.39, 0.29) is 16.8 Å². The Kier molecular flexibility index (Phi) is 5.73. The van der Waals surface area contributed by atoms with E-state index in [9.17, 15) is 24.6 Å². The van der Waals surface area contributed by atoms with Gasteiger partial charge in [0.15, 0.2) is 0 Å². The molecule has 1 unspecified atom stereocenters. The second-order valence-corrected chi connectivity index (χ2v) is 8.66. The third-order valence-corrected chi connectivity index (χ3v) is 7.69. The number of β-lactam (4-membered cyclic amide) rings is 1. The predicted octanol–water partition coefficient (Wildman–Crippen LogP) is 0.620. The Balaban J connectivity index is 1.87. The zero-order valence-corrected chi connectivity index (χ0v) is 17.0. The van der Waals surface area contributed by atoms with Gasteiger partial charge in [-0.2, -0.15) is 0 Å². The zero-order chi connectivity index (χ0) is 20.6. The molecule has 10 nitrogen and oxygen atoms in total. The lowest BCUT2D eigenvalue weighted by Crippen LogP contribution is -2.68. The standard InChI is InChI=1S/C16H21N5O5S2/c1-3-16(4-2,15(25)26)10-11(19-20-18-10)27-5-7-6-28-13-8(17)12(22)21(13)9(7)14(23)24/h8,13H,3-6,17H2,1-2H3,(H,23,24)(H,25,26)(H,18,19,20)/t8?,13-/m0/s1. The van der Waals surface area contributed by atoms with Crippen molar-refractivity contribution >= 4 is 41.4 Å². The van der Waals surface area contributed by atoms with Crippen LogP contribution in [0.25, 0.3) is 0 Å². The number of hydrogen-bond acceptors (Lipinski definition) is 8. The van der Waals surface area contributed by atoms with E-state index >= 15 is 0 Å². The number of carboxylic acids is 2. The molecule has 0 aromatic carbocycles. The summed E-state index contributed by atoms with van der Waals surface area (Å²) in [4.78, 5) is 36.9. The van der Waals surface area contributed by atoms with Crippen molar-refractivity contribution in [2.75, 3.05) is 11.5 Å². The second-order valence-electron chi connectivity index (χ2n) is 6.57. The lowest BCUT2D eigenvalue weighted by molar-refractivity contribution is -0.147. The number of aliphatic carboxylic acids is 2. The lowest BCUT2D eigenvalue weighted by atomic mass is 9.79. The summed E-state index contributed by atoms with van der Waals surface area (Å²) < 4.78 is 0. The first kappa shape index (κ1) is 20.7. The predicted molar refractivity (Wildman–Crippen MR) is 103 cm³/mol. The van der Waals surface area contributed by atoms with Gasteiger partial charge in [-0.25, -0.2) is 4.79 Å². The van der Waals surface area contributed by atoms with Crippen molar-refractivity contribution in [1.82, 2.24) is 20.3 Å². The van der Waals surface area contributed by atoms with Crippen LogP contribution in [-0.2, 0) is 19.8 Å². The Labute approximate surface area is 169 Å². The van der Waals surface area contributed by atoms with Crippen molar-refractivity contribution in [1.29, 1.82) is 0 Å². The summed E-state index contributed by atoms with van der Waals surface area (Å²) in [5.41, 5.74) is 5.48. The van der Waals surface area contributed by atoms with Gasteiger partial charge in [-0.15, -0.1) is 28.6 Å². The van der Waals surface area contributed by atoms with Crippen LogP contribution < -0.4 is 5.73 Å². The Hall–Kier alpha value is -2.05. The molecule has 12 heteroatoms. The fourth-order valence-electron chi connectivity index (χ4n) is 3.47. The van der Waals surface area contributed by atoms with Crippen molar-refractivity contribution in [2.24, 2.45) is 5.73 Å². The Morgan fingerprint density at radius 1 is 1.39 bits per heavy atom. The quantitative estimate of drug-likeness (QED) is 0.342. The highest BCUT2D eigenvalue weighted by Gasteiger charge is 2.51. The molecule has 3 rings (SSSR count). The van der Waals surface area contributed by atoms with Crippen LogP contribution in [0.4, 0.5) is 0 Å². The third kappa shape index (κ3) is 3.08. The van der Waals surface area contributed by atoms with E-state index in [1.807, 2.05) is 0 Å². The average Bonchev–Trinajstić information content (AvgIpc) is 3.15. The number of thioether (sulfide) groups is 2. The summed E-state index contributed by atoms with van der Waals surface area (Å²) in [6, 6.07) is -0.678. The molecule has 2 aliphatic rings. The van der Waals surface area contributed by atoms with Crippen LogP contribution in [0.1, 0.15) is 32.4 Å². The fourth-order valence-corrected chi connectivity index (χ4v) is 5.93.